The molecule has 1 saturated heterocycles. The molecule has 1 unspecified atom stereocenters. The number of carbonyl (C=O) groups is 1. The minimum atomic E-state index is 0.0856. The normalized spacial score (nSPS) is 19.1. The highest BCUT2D eigenvalue weighted by atomic mass is 16.2. The summed E-state index contributed by atoms with van der Waals surface area (Å²) in [6.45, 7) is 4.71. The van der Waals surface area contributed by atoms with Gasteiger partial charge in [0.05, 0.1) is 17.3 Å². The van der Waals surface area contributed by atoms with Gasteiger partial charge >= 0.3 is 0 Å². The molecule has 0 bridgehead atoms. The summed E-state index contributed by atoms with van der Waals surface area (Å²) in [5.74, 6) is 0.0856. The lowest BCUT2D eigenvalue weighted by molar-refractivity contribution is 0.0664. The molecule has 3 rings (SSSR count). The van der Waals surface area contributed by atoms with Gasteiger partial charge in [-0.15, -0.1) is 0 Å². The molecule has 0 spiro atoms. The summed E-state index contributed by atoms with van der Waals surface area (Å²) in [4.78, 5) is 14.8. The molecule has 0 saturated carbocycles. The van der Waals surface area contributed by atoms with Crippen molar-refractivity contribution in [2.24, 2.45) is 0 Å². The number of hydrogen-bond donors (Lipinski definition) is 1. The van der Waals surface area contributed by atoms with Gasteiger partial charge in [0.1, 0.15) is 0 Å². The standard InChI is InChI=1S/C15H20N4O/c1-2-18(12-6-5-8-16-10-12)15(20)13-11-17-19-9-4-3-7-14(13)19/h3-4,7,9,11-12,16H,2,5-6,8,10H2,1H3. The van der Waals surface area contributed by atoms with E-state index in [0.717, 1.165) is 38.0 Å². The summed E-state index contributed by atoms with van der Waals surface area (Å²) in [6, 6.07) is 6.08. The van der Waals surface area contributed by atoms with Gasteiger partial charge in [0.25, 0.3) is 5.91 Å². The summed E-state index contributed by atoms with van der Waals surface area (Å²) in [5, 5.41) is 7.63. The van der Waals surface area contributed by atoms with Crippen LogP contribution in [0.3, 0.4) is 0 Å². The van der Waals surface area contributed by atoms with E-state index in [4.69, 9.17) is 0 Å². The molecule has 0 aromatic carbocycles. The van der Waals surface area contributed by atoms with Gasteiger partial charge in [0, 0.05) is 25.3 Å². The number of rotatable bonds is 3. The maximum Gasteiger partial charge on any atom is 0.257 e. The fourth-order valence-electron chi connectivity index (χ4n) is 2.92. The van der Waals surface area contributed by atoms with Crippen molar-refractivity contribution in [1.29, 1.82) is 0 Å². The van der Waals surface area contributed by atoms with E-state index < -0.39 is 0 Å². The Balaban J connectivity index is 1.89. The Labute approximate surface area is 118 Å². The van der Waals surface area contributed by atoms with Crippen molar-refractivity contribution in [3.63, 3.8) is 0 Å². The van der Waals surface area contributed by atoms with Crippen molar-refractivity contribution in [3.8, 4) is 0 Å². The number of pyridine rings is 1. The summed E-state index contributed by atoms with van der Waals surface area (Å²) < 4.78 is 1.75. The van der Waals surface area contributed by atoms with Crippen molar-refractivity contribution in [2.45, 2.75) is 25.8 Å². The lowest BCUT2D eigenvalue weighted by Crippen LogP contribution is -2.48. The molecular weight excluding hydrogens is 252 g/mol. The first-order valence-corrected chi connectivity index (χ1v) is 7.25. The molecule has 5 heteroatoms. The van der Waals surface area contributed by atoms with E-state index in [0.29, 0.717) is 11.6 Å². The number of hydrogen-bond acceptors (Lipinski definition) is 3. The van der Waals surface area contributed by atoms with Crippen LogP contribution in [0.25, 0.3) is 5.52 Å². The van der Waals surface area contributed by atoms with E-state index in [1.165, 1.54) is 0 Å². The average molecular weight is 272 g/mol. The fraction of sp³-hybridized carbons (Fsp3) is 0.467. The highest BCUT2D eigenvalue weighted by Gasteiger charge is 2.26. The summed E-state index contributed by atoms with van der Waals surface area (Å²) in [6.07, 6.45) is 5.75. The molecule has 20 heavy (non-hydrogen) atoms. The Bertz CT molecular complexity index is 601. The van der Waals surface area contributed by atoms with Crippen molar-refractivity contribution in [3.05, 3.63) is 36.2 Å². The molecule has 1 fully saturated rings. The van der Waals surface area contributed by atoms with E-state index in [9.17, 15) is 4.79 Å². The molecule has 0 aliphatic carbocycles. The number of nitrogens with zero attached hydrogens (tertiary/aromatic N) is 3. The van der Waals surface area contributed by atoms with Gasteiger partial charge in [0.15, 0.2) is 0 Å². The van der Waals surface area contributed by atoms with Crippen LogP contribution in [0.4, 0.5) is 0 Å². The molecule has 1 aliphatic rings. The molecule has 3 heterocycles. The SMILES string of the molecule is CCN(C(=O)c1cnn2ccccc12)C1CCCNC1. The van der Waals surface area contributed by atoms with Gasteiger partial charge in [-0.05, 0) is 38.4 Å². The highest BCUT2D eigenvalue weighted by molar-refractivity contribution is 6.00. The number of amides is 1. The third-order valence-electron chi connectivity index (χ3n) is 3.97. The van der Waals surface area contributed by atoms with Crippen LogP contribution in [-0.2, 0) is 0 Å². The van der Waals surface area contributed by atoms with Crippen molar-refractivity contribution in [1.82, 2.24) is 19.8 Å². The predicted molar refractivity (Wildman–Crippen MR) is 77.8 cm³/mol. The molecule has 5 nitrogen and oxygen atoms in total. The van der Waals surface area contributed by atoms with E-state index in [1.54, 1.807) is 10.7 Å². The predicted octanol–water partition coefficient (Wildman–Crippen LogP) is 1.55. The number of carbonyl (C=O) groups excluding carboxylic acids is 1. The van der Waals surface area contributed by atoms with E-state index >= 15 is 0 Å². The summed E-state index contributed by atoms with van der Waals surface area (Å²) in [5.41, 5.74) is 1.57. The van der Waals surface area contributed by atoms with Crippen LogP contribution in [0.15, 0.2) is 30.6 Å². The van der Waals surface area contributed by atoms with Gasteiger partial charge in [0.2, 0.25) is 0 Å². The minimum absolute atomic E-state index is 0.0856. The van der Waals surface area contributed by atoms with E-state index in [1.807, 2.05) is 36.2 Å². The van der Waals surface area contributed by atoms with Crippen LogP contribution in [0, 0.1) is 0 Å². The second-order valence-corrected chi connectivity index (χ2v) is 5.18. The second-order valence-electron chi connectivity index (χ2n) is 5.18. The molecule has 1 N–H and O–H groups in total. The number of nitrogens with one attached hydrogen (secondary N) is 1. The number of aromatic nitrogens is 2. The van der Waals surface area contributed by atoms with Crippen LogP contribution in [0.2, 0.25) is 0 Å². The summed E-state index contributed by atoms with van der Waals surface area (Å²) >= 11 is 0. The van der Waals surface area contributed by atoms with Crippen LogP contribution in [0.1, 0.15) is 30.1 Å². The lowest BCUT2D eigenvalue weighted by atomic mass is 10.0. The fourth-order valence-corrected chi connectivity index (χ4v) is 2.92. The molecule has 1 atom stereocenters. The largest absolute Gasteiger partial charge is 0.335 e. The lowest BCUT2D eigenvalue weighted by Gasteiger charge is -2.33. The van der Waals surface area contributed by atoms with Crippen LogP contribution in [-0.4, -0.2) is 46.1 Å². The van der Waals surface area contributed by atoms with Crippen molar-refractivity contribution >= 4 is 11.4 Å². The Kier molecular flexibility index (Phi) is 3.69. The highest BCUT2D eigenvalue weighted by Crippen LogP contribution is 2.17. The van der Waals surface area contributed by atoms with Gasteiger partial charge < -0.3 is 10.2 Å². The zero-order valence-electron chi connectivity index (χ0n) is 11.7. The molecule has 0 radical (unpaired) electrons. The second kappa shape index (κ2) is 5.63. The van der Waals surface area contributed by atoms with Gasteiger partial charge in [-0.3, -0.25) is 4.79 Å². The molecule has 2 aromatic heterocycles. The third-order valence-corrected chi connectivity index (χ3v) is 3.97. The minimum Gasteiger partial charge on any atom is -0.335 e. The summed E-state index contributed by atoms with van der Waals surface area (Å²) in [7, 11) is 0. The first-order valence-electron chi connectivity index (χ1n) is 7.25. The van der Waals surface area contributed by atoms with Gasteiger partial charge in [-0.1, -0.05) is 6.07 Å². The number of likely N-dealkylation sites (N-methyl/N-ethyl adjacent to an activating group) is 1. The van der Waals surface area contributed by atoms with Gasteiger partial charge in [-0.2, -0.15) is 5.10 Å². The van der Waals surface area contributed by atoms with E-state index in [-0.39, 0.29) is 5.91 Å². The van der Waals surface area contributed by atoms with Crippen molar-refractivity contribution < 1.29 is 4.79 Å². The molecule has 106 valence electrons. The topological polar surface area (TPSA) is 49.6 Å². The Morgan fingerprint density at radius 1 is 1.55 bits per heavy atom. The molecule has 1 amide bonds. The molecule has 2 aromatic rings. The van der Waals surface area contributed by atoms with Crippen LogP contribution < -0.4 is 5.32 Å². The zero-order valence-corrected chi connectivity index (χ0v) is 11.7. The first-order chi connectivity index (χ1) is 9.81. The molecular formula is C15H20N4O. The monoisotopic (exact) mass is 272 g/mol. The maximum atomic E-state index is 12.8. The van der Waals surface area contributed by atoms with E-state index in [2.05, 4.69) is 10.4 Å². The Morgan fingerprint density at radius 3 is 3.20 bits per heavy atom. The quantitative estimate of drug-likeness (QED) is 0.922. The van der Waals surface area contributed by atoms with Crippen LogP contribution in [0.5, 0.6) is 0 Å². The average Bonchev–Trinajstić information content (AvgIpc) is 2.93. The number of fused-ring (bicyclic) bond motifs is 1. The Morgan fingerprint density at radius 2 is 2.45 bits per heavy atom. The third kappa shape index (κ3) is 2.29. The number of piperidine rings is 1. The Hall–Kier alpha value is -1.88. The first kappa shape index (κ1) is 13.1. The molecule has 1 aliphatic heterocycles. The smallest absolute Gasteiger partial charge is 0.257 e. The maximum absolute atomic E-state index is 12.8. The van der Waals surface area contributed by atoms with Crippen molar-refractivity contribution in [2.75, 3.05) is 19.6 Å². The zero-order chi connectivity index (χ0) is 13.9. The van der Waals surface area contributed by atoms with Gasteiger partial charge in [-0.25, -0.2) is 4.52 Å². The van der Waals surface area contributed by atoms with Crippen LogP contribution >= 0.6 is 0 Å².